The highest BCUT2D eigenvalue weighted by Crippen LogP contribution is 2.23. The summed E-state index contributed by atoms with van der Waals surface area (Å²) in [6, 6.07) is 16.3. The summed E-state index contributed by atoms with van der Waals surface area (Å²) in [5.74, 6) is 0.792. The minimum absolute atomic E-state index is 0.0606. The number of halogens is 1. The fourth-order valence-corrected chi connectivity index (χ4v) is 3.74. The Morgan fingerprint density at radius 2 is 2.03 bits per heavy atom. The zero-order chi connectivity index (χ0) is 21.3. The van der Waals surface area contributed by atoms with E-state index in [1.165, 1.54) is 12.5 Å². The molecular formula is C23H30ClN5O. The van der Waals surface area contributed by atoms with Crippen LogP contribution in [-0.2, 0) is 11.2 Å². The quantitative estimate of drug-likeness (QED) is 0.465. The maximum absolute atomic E-state index is 11.1. The zero-order valence-electron chi connectivity index (χ0n) is 17.6. The summed E-state index contributed by atoms with van der Waals surface area (Å²) in [6.07, 6.45) is 1.90. The molecule has 2 aromatic rings. The molecule has 2 aromatic carbocycles. The van der Waals surface area contributed by atoms with E-state index in [2.05, 4.69) is 33.8 Å². The molecule has 1 aliphatic heterocycles. The van der Waals surface area contributed by atoms with Crippen LogP contribution in [-0.4, -0.2) is 44.1 Å². The number of nitrogens with one attached hydrogen (secondary N) is 3. The number of carbonyl (C=O) groups excluding carboxylic acids is 1. The molecule has 0 saturated carbocycles. The first-order valence-electron chi connectivity index (χ1n) is 10.5. The van der Waals surface area contributed by atoms with Crippen molar-refractivity contribution < 1.29 is 4.79 Å². The molecule has 1 saturated heterocycles. The first kappa shape index (κ1) is 22.0. The molecule has 0 spiro atoms. The molecule has 1 heterocycles. The van der Waals surface area contributed by atoms with Gasteiger partial charge < -0.3 is 20.9 Å². The van der Waals surface area contributed by atoms with Crippen molar-refractivity contribution in [3.05, 3.63) is 59.1 Å². The summed E-state index contributed by atoms with van der Waals surface area (Å²) in [7, 11) is 0. The number of rotatable bonds is 7. The number of amides is 1. The van der Waals surface area contributed by atoms with Gasteiger partial charge in [0.1, 0.15) is 0 Å². The number of hydrogen-bond donors (Lipinski definition) is 3. The van der Waals surface area contributed by atoms with Crippen molar-refractivity contribution in [2.75, 3.05) is 36.4 Å². The molecule has 1 unspecified atom stereocenters. The van der Waals surface area contributed by atoms with Gasteiger partial charge in [-0.15, -0.1) is 0 Å². The maximum atomic E-state index is 11.1. The van der Waals surface area contributed by atoms with Crippen molar-refractivity contribution in [3.8, 4) is 0 Å². The maximum Gasteiger partial charge on any atom is 0.221 e. The molecule has 1 atom stereocenters. The highest BCUT2D eigenvalue weighted by molar-refractivity contribution is 6.30. The Kier molecular flexibility index (Phi) is 7.97. The number of guanidine groups is 1. The van der Waals surface area contributed by atoms with Gasteiger partial charge in [0.05, 0.1) is 0 Å². The van der Waals surface area contributed by atoms with Crippen LogP contribution >= 0.6 is 11.6 Å². The van der Waals surface area contributed by atoms with Crippen molar-refractivity contribution >= 4 is 34.8 Å². The number of anilines is 2. The molecule has 160 valence electrons. The lowest BCUT2D eigenvalue weighted by molar-refractivity contribution is -0.114. The normalized spacial score (nSPS) is 16.4. The molecule has 1 aliphatic rings. The van der Waals surface area contributed by atoms with E-state index < -0.39 is 0 Å². The Labute approximate surface area is 183 Å². The molecule has 3 N–H and O–H groups in total. The summed E-state index contributed by atoms with van der Waals surface area (Å²) in [4.78, 5) is 18.2. The predicted molar refractivity (Wildman–Crippen MR) is 126 cm³/mol. The van der Waals surface area contributed by atoms with Crippen molar-refractivity contribution in [2.24, 2.45) is 4.99 Å². The van der Waals surface area contributed by atoms with Crippen LogP contribution in [0.1, 0.15) is 25.8 Å². The SMILES string of the molecule is CCNC(=NCCc1ccc(NC(C)=O)cc1)NC1CCN(c2cccc(Cl)c2)C1. The van der Waals surface area contributed by atoms with Crippen LogP contribution in [0.4, 0.5) is 11.4 Å². The Morgan fingerprint density at radius 1 is 1.23 bits per heavy atom. The topological polar surface area (TPSA) is 68.8 Å². The third kappa shape index (κ3) is 6.66. The standard InChI is InChI=1S/C23H30ClN5O/c1-3-25-23(26-13-11-18-7-9-20(10-8-18)27-17(2)30)28-21-12-14-29(16-21)22-6-4-5-19(24)15-22/h4-10,15,21H,3,11-14,16H2,1-2H3,(H,27,30)(H2,25,26,28). The van der Waals surface area contributed by atoms with Gasteiger partial charge in [0.25, 0.3) is 0 Å². The predicted octanol–water partition coefficient (Wildman–Crippen LogP) is 3.67. The monoisotopic (exact) mass is 427 g/mol. The second kappa shape index (κ2) is 10.9. The van der Waals surface area contributed by atoms with Crippen LogP contribution in [0.25, 0.3) is 0 Å². The highest BCUT2D eigenvalue weighted by Gasteiger charge is 2.23. The number of benzene rings is 2. The van der Waals surface area contributed by atoms with Crippen LogP contribution in [0.3, 0.4) is 0 Å². The van der Waals surface area contributed by atoms with Gasteiger partial charge in [-0.1, -0.05) is 29.8 Å². The summed E-state index contributed by atoms with van der Waals surface area (Å²) in [5, 5.41) is 10.5. The molecule has 7 heteroatoms. The van der Waals surface area contributed by atoms with E-state index >= 15 is 0 Å². The second-order valence-corrected chi connectivity index (χ2v) is 7.88. The minimum Gasteiger partial charge on any atom is -0.369 e. The molecule has 30 heavy (non-hydrogen) atoms. The molecule has 0 bridgehead atoms. The van der Waals surface area contributed by atoms with Crippen LogP contribution in [0.5, 0.6) is 0 Å². The van der Waals surface area contributed by atoms with Gasteiger partial charge in [0, 0.05) is 55.5 Å². The molecule has 0 aliphatic carbocycles. The van der Waals surface area contributed by atoms with Crippen LogP contribution in [0, 0.1) is 0 Å². The summed E-state index contributed by atoms with van der Waals surface area (Å²) in [5.41, 5.74) is 3.17. The van der Waals surface area contributed by atoms with Crippen molar-refractivity contribution in [1.29, 1.82) is 0 Å². The van der Waals surface area contributed by atoms with E-state index in [4.69, 9.17) is 16.6 Å². The summed E-state index contributed by atoms with van der Waals surface area (Å²) < 4.78 is 0. The van der Waals surface area contributed by atoms with E-state index in [1.807, 2.05) is 42.5 Å². The van der Waals surface area contributed by atoms with E-state index in [0.29, 0.717) is 12.6 Å². The molecule has 0 radical (unpaired) electrons. The van der Waals surface area contributed by atoms with Gasteiger partial charge in [0.15, 0.2) is 5.96 Å². The molecule has 3 rings (SSSR count). The molecule has 1 fully saturated rings. The van der Waals surface area contributed by atoms with E-state index in [1.54, 1.807) is 0 Å². The van der Waals surface area contributed by atoms with Gasteiger partial charge >= 0.3 is 0 Å². The average Bonchev–Trinajstić information content (AvgIpc) is 3.18. The molecule has 6 nitrogen and oxygen atoms in total. The van der Waals surface area contributed by atoms with E-state index in [-0.39, 0.29) is 5.91 Å². The van der Waals surface area contributed by atoms with Crippen molar-refractivity contribution in [3.63, 3.8) is 0 Å². The van der Waals surface area contributed by atoms with Gasteiger partial charge in [-0.05, 0) is 55.7 Å². The largest absolute Gasteiger partial charge is 0.369 e. The first-order chi connectivity index (χ1) is 14.5. The fourth-order valence-electron chi connectivity index (χ4n) is 3.55. The Hall–Kier alpha value is -2.73. The fraction of sp³-hybridized carbons (Fsp3) is 0.391. The van der Waals surface area contributed by atoms with Crippen molar-refractivity contribution in [1.82, 2.24) is 10.6 Å². The molecule has 1 amide bonds. The zero-order valence-corrected chi connectivity index (χ0v) is 18.4. The van der Waals surface area contributed by atoms with Gasteiger partial charge in [-0.2, -0.15) is 0 Å². The van der Waals surface area contributed by atoms with Crippen LogP contribution in [0.2, 0.25) is 5.02 Å². The summed E-state index contributed by atoms with van der Waals surface area (Å²) in [6.45, 7) is 7.02. The minimum atomic E-state index is -0.0606. The molecular weight excluding hydrogens is 398 g/mol. The lowest BCUT2D eigenvalue weighted by atomic mass is 10.1. The number of carbonyl (C=O) groups is 1. The van der Waals surface area contributed by atoms with Crippen LogP contribution < -0.4 is 20.9 Å². The average molecular weight is 428 g/mol. The van der Waals surface area contributed by atoms with Gasteiger partial charge in [-0.3, -0.25) is 9.79 Å². The first-order valence-corrected chi connectivity index (χ1v) is 10.8. The smallest absolute Gasteiger partial charge is 0.221 e. The van der Waals surface area contributed by atoms with Crippen molar-refractivity contribution in [2.45, 2.75) is 32.7 Å². The van der Waals surface area contributed by atoms with E-state index in [9.17, 15) is 4.79 Å². The third-order valence-electron chi connectivity index (χ3n) is 4.99. The lowest BCUT2D eigenvalue weighted by Crippen LogP contribution is -2.44. The molecule has 0 aromatic heterocycles. The van der Waals surface area contributed by atoms with Gasteiger partial charge in [0.2, 0.25) is 5.91 Å². The number of aliphatic imine (C=N–C) groups is 1. The third-order valence-corrected chi connectivity index (χ3v) is 5.23. The Balaban J connectivity index is 1.51. The summed E-state index contributed by atoms with van der Waals surface area (Å²) >= 11 is 6.13. The lowest BCUT2D eigenvalue weighted by Gasteiger charge is -2.20. The second-order valence-electron chi connectivity index (χ2n) is 7.44. The highest BCUT2D eigenvalue weighted by atomic mass is 35.5. The van der Waals surface area contributed by atoms with E-state index in [0.717, 1.165) is 54.8 Å². The Morgan fingerprint density at radius 3 is 2.73 bits per heavy atom. The Bertz CT molecular complexity index is 868. The van der Waals surface area contributed by atoms with Gasteiger partial charge in [-0.25, -0.2) is 0 Å². The number of nitrogens with zero attached hydrogens (tertiary/aromatic N) is 2. The number of hydrogen-bond acceptors (Lipinski definition) is 3. The van der Waals surface area contributed by atoms with Crippen LogP contribution in [0.15, 0.2) is 53.5 Å².